The Morgan fingerprint density at radius 1 is 1.12 bits per heavy atom. The van der Waals surface area contributed by atoms with E-state index < -0.39 is 21.3 Å². The number of nitrogens with one attached hydrogen (secondary N) is 1. The minimum Gasteiger partial charge on any atom is -0.476 e. The lowest BCUT2D eigenvalue weighted by Gasteiger charge is -2.16. The standard InChI is InChI=1S/C30H29ClFN5O4S.ClH/c1-36(2)11-4-12-41-28-25(35-42(39,40)20-7-5-19(31)6-8-20)13-18(16-34-28)21-14-22-24(15-23(21)32)33-17-26-27(22)30(9-10-30)29(38)37(26)3;/h5-8,13-17,35H,4,9-12H2,1-3H3;1H. The third kappa shape index (κ3) is 5.62. The smallest absolute Gasteiger partial charge is 0.262 e. The number of nitrogens with zero attached hydrogens (tertiary/aromatic N) is 4. The highest BCUT2D eigenvalue weighted by Gasteiger charge is 2.59. The number of carbonyl (C=O) groups excluding carboxylic acids is 1. The topological polar surface area (TPSA) is 105 Å². The van der Waals surface area contributed by atoms with Gasteiger partial charge in [0.1, 0.15) is 11.5 Å². The van der Waals surface area contributed by atoms with Crippen molar-refractivity contribution in [2.24, 2.45) is 0 Å². The molecular weight excluding hydrogens is 616 g/mol. The quantitative estimate of drug-likeness (QED) is 0.235. The van der Waals surface area contributed by atoms with Crippen LogP contribution in [0.4, 0.5) is 15.8 Å². The van der Waals surface area contributed by atoms with Crippen LogP contribution in [0.2, 0.25) is 5.02 Å². The van der Waals surface area contributed by atoms with Gasteiger partial charge >= 0.3 is 0 Å². The minimum absolute atomic E-state index is 0. The average Bonchev–Trinajstić information content (AvgIpc) is 3.72. The number of halogens is 3. The number of anilines is 2. The Kier molecular flexibility index (Phi) is 8.30. The van der Waals surface area contributed by atoms with Gasteiger partial charge in [0.05, 0.1) is 34.3 Å². The zero-order chi connectivity index (χ0) is 29.8. The molecule has 1 spiro atoms. The normalized spacial score (nSPS) is 15.1. The minimum atomic E-state index is -4.05. The van der Waals surface area contributed by atoms with Gasteiger partial charge in [-0.15, -0.1) is 12.4 Å². The summed E-state index contributed by atoms with van der Waals surface area (Å²) < 4.78 is 50.6. The highest BCUT2D eigenvalue weighted by molar-refractivity contribution is 7.92. The molecule has 6 rings (SSSR count). The van der Waals surface area contributed by atoms with E-state index in [2.05, 4.69) is 14.7 Å². The number of aromatic nitrogens is 2. The SMILES string of the molecule is CN(C)CCCOc1ncc(-c2cc3c4c(cnc3cc2F)N(C)C(=O)C42CC2)cc1NS(=O)(=O)c1ccc(Cl)cc1.Cl. The van der Waals surface area contributed by atoms with Gasteiger partial charge in [-0.25, -0.2) is 17.8 Å². The summed E-state index contributed by atoms with van der Waals surface area (Å²) in [6.07, 6.45) is 5.22. The lowest BCUT2D eigenvalue weighted by molar-refractivity contribution is -0.119. The summed E-state index contributed by atoms with van der Waals surface area (Å²) in [6.45, 7) is 1.07. The molecular formula is C30H30Cl2FN5O4S. The molecule has 226 valence electrons. The maximum atomic E-state index is 15.6. The second-order valence-corrected chi connectivity index (χ2v) is 13.1. The van der Waals surface area contributed by atoms with E-state index in [9.17, 15) is 13.2 Å². The Morgan fingerprint density at radius 3 is 2.51 bits per heavy atom. The number of rotatable bonds is 9. The van der Waals surface area contributed by atoms with Crippen molar-refractivity contribution in [3.05, 3.63) is 71.3 Å². The fourth-order valence-electron chi connectivity index (χ4n) is 5.46. The molecule has 0 radical (unpaired) electrons. The van der Waals surface area contributed by atoms with Gasteiger partial charge in [0.25, 0.3) is 10.0 Å². The third-order valence-electron chi connectivity index (χ3n) is 7.76. The van der Waals surface area contributed by atoms with Gasteiger partial charge in [-0.05, 0) is 69.8 Å². The number of hydrogen-bond acceptors (Lipinski definition) is 7. The average molecular weight is 647 g/mol. The molecule has 4 aromatic rings. The van der Waals surface area contributed by atoms with Gasteiger partial charge in [0.15, 0.2) is 0 Å². The number of benzene rings is 2. The van der Waals surface area contributed by atoms with Crippen molar-refractivity contribution >= 4 is 62.2 Å². The first-order valence-corrected chi connectivity index (χ1v) is 15.3. The molecule has 1 aliphatic carbocycles. The summed E-state index contributed by atoms with van der Waals surface area (Å²) in [4.78, 5) is 25.5. The summed E-state index contributed by atoms with van der Waals surface area (Å²) in [5.41, 5.74) is 2.04. The second kappa shape index (κ2) is 11.5. The summed E-state index contributed by atoms with van der Waals surface area (Å²) >= 11 is 5.95. The first-order chi connectivity index (χ1) is 20.0. The Hall–Kier alpha value is -3.51. The van der Waals surface area contributed by atoms with Crippen LogP contribution in [0.1, 0.15) is 24.8 Å². The van der Waals surface area contributed by atoms with Crippen LogP contribution < -0.4 is 14.4 Å². The van der Waals surface area contributed by atoms with Crippen molar-refractivity contribution in [3.63, 3.8) is 0 Å². The van der Waals surface area contributed by atoms with Crippen molar-refractivity contribution in [1.82, 2.24) is 14.9 Å². The Balaban J connectivity index is 0.00000368. The van der Waals surface area contributed by atoms with E-state index in [0.29, 0.717) is 34.5 Å². The zero-order valence-corrected chi connectivity index (χ0v) is 26.1. The number of likely N-dealkylation sites (N-methyl/N-ethyl adjacent to an activating group) is 1. The highest BCUT2D eigenvalue weighted by atomic mass is 35.5. The summed E-state index contributed by atoms with van der Waals surface area (Å²) in [5.74, 6) is -0.456. The Bertz CT molecular complexity index is 1830. The van der Waals surface area contributed by atoms with E-state index in [-0.39, 0.29) is 40.3 Å². The number of sulfonamides is 1. The third-order valence-corrected chi connectivity index (χ3v) is 9.39. The van der Waals surface area contributed by atoms with Crippen LogP contribution in [0.3, 0.4) is 0 Å². The van der Waals surface area contributed by atoms with E-state index in [1.165, 1.54) is 42.6 Å². The van der Waals surface area contributed by atoms with Crippen LogP contribution in [0, 0.1) is 5.82 Å². The van der Waals surface area contributed by atoms with Crippen molar-refractivity contribution in [1.29, 1.82) is 0 Å². The molecule has 0 atom stereocenters. The maximum absolute atomic E-state index is 15.6. The summed E-state index contributed by atoms with van der Waals surface area (Å²) in [6, 6.07) is 10.3. The largest absolute Gasteiger partial charge is 0.476 e. The van der Waals surface area contributed by atoms with Crippen LogP contribution in [0.25, 0.3) is 22.0 Å². The van der Waals surface area contributed by atoms with E-state index in [0.717, 1.165) is 30.6 Å². The molecule has 0 unspecified atom stereocenters. The van der Waals surface area contributed by atoms with Gasteiger partial charge in [0.2, 0.25) is 11.8 Å². The lowest BCUT2D eigenvalue weighted by Crippen LogP contribution is -2.28. The molecule has 9 nitrogen and oxygen atoms in total. The zero-order valence-electron chi connectivity index (χ0n) is 23.7. The Labute approximate surface area is 260 Å². The summed E-state index contributed by atoms with van der Waals surface area (Å²) in [5, 5.41) is 1.09. The van der Waals surface area contributed by atoms with E-state index in [4.69, 9.17) is 16.3 Å². The molecule has 43 heavy (non-hydrogen) atoms. The molecule has 0 bridgehead atoms. The fourth-order valence-corrected chi connectivity index (χ4v) is 6.64. The van der Waals surface area contributed by atoms with Crippen molar-refractivity contribution < 1.29 is 22.3 Å². The number of hydrogen-bond donors (Lipinski definition) is 1. The highest BCUT2D eigenvalue weighted by Crippen LogP contribution is 2.58. The first-order valence-electron chi connectivity index (χ1n) is 13.5. The Morgan fingerprint density at radius 2 is 1.84 bits per heavy atom. The van der Waals surface area contributed by atoms with Crippen molar-refractivity contribution in [2.75, 3.05) is 43.9 Å². The van der Waals surface area contributed by atoms with Crippen molar-refractivity contribution in [3.8, 4) is 17.0 Å². The second-order valence-electron chi connectivity index (χ2n) is 11.0. The van der Waals surface area contributed by atoms with Crippen LogP contribution in [0.5, 0.6) is 5.88 Å². The van der Waals surface area contributed by atoms with E-state index >= 15 is 4.39 Å². The van der Waals surface area contributed by atoms with Gasteiger partial charge in [-0.3, -0.25) is 14.5 Å². The van der Waals surface area contributed by atoms with E-state index in [1.807, 2.05) is 19.0 Å². The van der Waals surface area contributed by atoms with Gasteiger partial charge in [-0.2, -0.15) is 0 Å². The number of pyridine rings is 2. The van der Waals surface area contributed by atoms with Crippen molar-refractivity contribution in [2.45, 2.75) is 29.6 Å². The molecule has 2 aromatic heterocycles. The molecule has 1 N–H and O–H groups in total. The molecule has 13 heteroatoms. The first kappa shape index (κ1) is 30.9. The number of ether oxygens (including phenoxy) is 1. The van der Waals surface area contributed by atoms with Crippen LogP contribution >= 0.6 is 24.0 Å². The number of amides is 1. The maximum Gasteiger partial charge on any atom is 0.262 e. The fraction of sp³-hybridized carbons (Fsp3) is 0.300. The van der Waals surface area contributed by atoms with Crippen LogP contribution in [-0.4, -0.2) is 63.5 Å². The van der Waals surface area contributed by atoms with Gasteiger partial charge in [-0.1, -0.05) is 11.6 Å². The molecule has 1 aliphatic heterocycles. The predicted molar refractivity (Wildman–Crippen MR) is 167 cm³/mol. The lowest BCUT2D eigenvalue weighted by atomic mass is 9.92. The molecule has 1 saturated carbocycles. The molecule has 1 amide bonds. The number of carbonyl (C=O) groups is 1. The van der Waals surface area contributed by atoms with Crippen LogP contribution in [-0.2, 0) is 20.2 Å². The number of fused-ring (bicyclic) bond motifs is 4. The predicted octanol–water partition coefficient (Wildman–Crippen LogP) is 5.65. The molecule has 3 heterocycles. The molecule has 0 saturated heterocycles. The van der Waals surface area contributed by atoms with E-state index in [1.54, 1.807) is 24.2 Å². The molecule has 1 fully saturated rings. The summed E-state index contributed by atoms with van der Waals surface area (Å²) in [7, 11) is 1.57. The van der Waals surface area contributed by atoms with Crippen LogP contribution in [0.15, 0.2) is 59.8 Å². The van der Waals surface area contributed by atoms with Gasteiger partial charge < -0.3 is 14.5 Å². The monoisotopic (exact) mass is 645 g/mol. The molecule has 2 aromatic carbocycles. The molecule has 2 aliphatic rings. The van der Waals surface area contributed by atoms with Gasteiger partial charge in [0, 0.05) is 53.0 Å².